The van der Waals surface area contributed by atoms with Crippen molar-refractivity contribution in [3.63, 3.8) is 0 Å². The third kappa shape index (κ3) is 4.62. The van der Waals surface area contributed by atoms with Crippen LogP contribution in [-0.2, 0) is 0 Å². The van der Waals surface area contributed by atoms with Gasteiger partial charge in [-0.15, -0.1) is 0 Å². The lowest BCUT2D eigenvalue weighted by Crippen LogP contribution is -1.93. The molecule has 12 aromatic rings. The van der Waals surface area contributed by atoms with Crippen LogP contribution in [0.25, 0.3) is 104 Å². The predicted octanol–water partition coefficient (Wildman–Crippen LogP) is 13.7. The summed E-state index contributed by atoms with van der Waals surface area (Å²) < 4.78 is 8.33. The van der Waals surface area contributed by atoms with Gasteiger partial charge in [-0.25, -0.2) is 4.98 Å². The van der Waals surface area contributed by atoms with Crippen molar-refractivity contribution in [2.75, 3.05) is 0 Å². The van der Waals surface area contributed by atoms with Gasteiger partial charge in [0.2, 0.25) is 0 Å². The highest BCUT2D eigenvalue weighted by Crippen LogP contribution is 2.42. The maximum absolute atomic E-state index is 5.43. The number of thiazole rings is 1. The van der Waals surface area contributed by atoms with Gasteiger partial charge < -0.3 is 9.13 Å². The molecule has 0 N–H and O–H groups in total. The van der Waals surface area contributed by atoms with Crippen LogP contribution in [0.2, 0.25) is 0 Å². The third-order valence-electron chi connectivity index (χ3n) is 11.3. The Kier molecular flexibility index (Phi) is 6.76. The molecule has 12 rings (SSSR count). The molecule has 0 unspecified atom stereocenters. The van der Waals surface area contributed by atoms with Gasteiger partial charge in [0.15, 0.2) is 4.96 Å². The molecule has 4 heterocycles. The Bertz CT molecular complexity index is 3460. The molecule has 0 atom stereocenters. The van der Waals surface area contributed by atoms with E-state index in [2.05, 4.69) is 208 Å². The minimum atomic E-state index is 0.985. The zero-order chi connectivity index (χ0) is 36.7. The summed E-state index contributed by atoms with van der Waals surface area (Å²) in [5.74, 6) is 0. The predicted molar refractivity (Wildman–Crippen MR) is 236 cm³/mol. The molecular weight excluding hydrogens is 701 g/mol. The summed E-state index contributed by atoms with van der Waals surface area (Å²) in [6.45, 7) is 0. The van der Waals surface area contributed by atoms with Crippen molar-refractivity contribution in [1.29, 1.82) is 0 Å². The molecule has 0 aliphatic carbocycles. The van der Waals surface area contributed by atoms with Gasteiger partial charge in [0.05, 0.1) is 43.7 Å². The van der Waals surface area contributed by atoms with E-state index >= 15 is 0 Å². The first-order chi connectivity index (χ1) is 27.8. The van der Waals surface area contributed by atoms with Gasteiger partial charge in [-0.3, -0.25) is 4.40 Å². The highest BCUT2D eigenvalue weighted by atomic mass is 32.1. The standard InChI is InChI=1S/C51H32N4S/c1-4-14-33(15-5-1)50-49(36-25-28-46-42(31-36)40-21-11-13-23-44(40)54(46)38-18-8-3-9-19-38)52-51-55(50)47-32-35(26-29-48(47)56-51)34-24-27-45-41(30-34)39-20-10-12-22-43(39)53(45)37-16-6-2-7-17-37/h1-32H. The SMILES string of the molecule is c1ccc(-c2c(-c3ccc4c(c3)c3ccccc3n4-c3ccccc3)nc3sc4ccc(-c5ccc6c(c5)c5ccccc5n6-c5ccccc5)cc4n23)cc1. The second-order valence-electron chi connectivity index (χ2n) is 14.4. The fourth-order valence-electron chi connectivity index (χ4n) is 8.79. The Hall–Kier alpha value is -7.21. The summed E-state index contributed by atoms with van der Waals surface area (Å²) in [7, 11) is 0. The molecule has 262 valence electrons. The Labute approximate surface area is 326 Å². The second kappa shape index (κ2) is 12.2. The summed E-state index contributed by atoms with van der Waals surface area (Å²) >= 11 is 1.75. The maximum atomic E-state index is 5.43. The molecule has 0 spiro atoms. The van der Waals surface area contributed by atoms with E-state index in [0.29, 0.717) is 0 Å². The van der Waals surface area contributed by atoms with Crippen molar-refractivity contribution in [3.05, 3.63) is 194 Å². The van der Waals surface area contributed by atoms with Crippen LogP contribution in [0, 0.1) is 0 Å². The number of nitrogens with zero attached hydrogens (tertiary/aromatic N) is 4. The molecule has 5 heteroatoms. The number of aromatic nitrogens is 4. The van der Waals surface area contributed by atoms with Gasteiger partial charge in [0.25, 0.3) is 0 Å². The smallest absolute Gasteiger partial charge is 0.195 e. The average Bonchev–Trinajstić information content (AvgIpc) is 4.00. The molecule has 4 aromatic heterocycles. The van der Waals surface area contributed by atoms with Crippen LogP contribution in [-0.4, -0.2) is 18.5 Å². The molecule has 0 aliphatic rings. The van der Waals surface area contributed by atoms with Crippen LogP contribution in [0.15, 0.2) is 194 Å². The van der Waals surface area contributed by atoms with Crippen LogP contribution in [0.4, 0.5) is 0 Å². The lowest BCUT2D eigenvalue weighted by molar-refractivity contribution is 1.18. The van der Waals surface area contributed by atoms with Gasteiger partial charge in [-0.2, -0.15) is 0 Å². The number of hydrogen-bond acceptors (Lipinski definition) is 2. The highest BCUT2D eigenvalue weighted by Gasteiger charge is 2.22. The molecule has 0 fully saturated rings. The van der Waals surface area contributed by atoms with Crippen LogP contribution in [0.1, 0.15) is 0 Å². The van der Waals surface area contributed by atoms with Crippen LogP contribution >= 0.6 is 11.3 Å². The van der Waals surface area contributed by atoms with Gasteiger partial charge >= 0.3 is 0 Å². The number of fused-ring (bicyclic) bond motifs is 9. The molecular formula is C51H32N4S. The van der Waals surface area contributed by atoms with E-state index in [9.17, 15) is 0 Å². The third-order valence-corrected chi connectivity index (χ3v) is 12.3. The lowest BCUT2D eigenvalue weighted by Gasteiger charge is -2.09. The molecule has 4 nitrogen and oxygen atoms in total. The number of para-hydroxylation sites is 4. The zero-order valence-electron chi connectivity index (χ0n) is 30.2. The Morgan fingerprint density at radius 3 is 1.46 bits per heavy atom. The van der Waals surface area contributed by atoms with Gasteiger partial charge in [-0.05, 0) is 83.9 Å². The van der Waals surface area contributed by atoms with E-state index in [4.69, 9.17) is 4.98 Å². The van der Waals surface area contributed by atoms with Gasteiger partial charge in [-0.1, -0.05) is 133 Å². The highest BCUT2D eigenvalue weighted by molar-refractivity contribution is 7.23. The number of hydrogen-bond donors (Lipinski definition) is 0. The van der Waals surface area contributed by atoms with Crippen LogP contribution in [0.5, 0.6) is 0 Å². The Morgan fingerprint density at radius 1 is 0.357 bits per heavy atom. The van der Waals surface area contributed by atoms with Crippen molar-refractivity contribution in [3.8, 4) is 45.0 Å². The summed E-state index contributed by atoms with van der Waals surface area (Å²) in [5.41, 5.74) is 15.0. The van der Waals surface area contributed by atoms with E-state index in [-0.39, 0.29) is 0 Å². The molecule has 8 aromatic carbocycles. The zero-order valence-corrected chi connectivity index (χ0v) is 31.0. The summed E-state index contributed by atoms with van der Waals surface area (Å²) in [6.07, 6.45) is 0. The normalized spacial score (nSPS) is 11.9. The summed E-state index contributed by atoms with van der Waals surface area (Å²) in [5, 5.41) is 4.95. The number of imidazole rings is 1. The van der Waals surface area contributed by atoms with E-state index in [1.165, 1.54) is 65.1 Å². The molecule has 0 radical (unpaired) electrons. The van der Waals surface area contributed by atoms with E-state index < -0.39 is 0 Å². The lowest BCUT2D eigenvalue weighted by atomic mass is 10.0. The topological polar surface area (TPSA) is 27.2 Å². The average molecular weight is 733 g/mol. The number of rotatable bonds is 5. The van der Waals surface area contributed by atoms with Crippen molar-refractivity contribution < 1.29 is 0 Å². The maximum Gasteiger partial charge on any atom is 0.195 e. The quantitative estimate of drug-likeness (QED) is 0.173. The van der Waals surface area contributed by atoms with Crippen molar-refractivity contribution in [1.82, 2.24) is 18.5 Å². The fraction of sp³-hybridized carbons (Fsp3) is 0. The van der Waals surface area contributed by atoms with Crippen molar-refractivity contribution in [2.45, 2.75) is 0 Å². The minimum absolute atomic E-state index is 0.985. The molecule has 56 heavy (non-hydrogen) atoms. The molecule has 0 amide bonds. The summed E-state index contributed by atoms with van der Waals surface area (Å²) in [4.78, 5) is 6.41. The van der Waals surface area contributed by atoms with Crippen LogP contribution < -0.4 is 0 Å². The monoisotopic (exact) mass is 732 g/mol. The largest absolute Gasteiger partial charge is 0.309 e. The number of benzene rings is 8. The Balaban J connectivity index is 1.06. The van der Waals surface area contributed by atoms with Crippen LogP contribution in [0.3, 0.4) is 0 Å². The van der Waals surface area contributed by atoms with E-state index in [1.807, 2.05) is 0 Å². The summed E-state index contributed by atoms with van der Waals surface area (Å²) in [6, 6.07) is 70.1. The van der Waals surface area contributed by atoms with Crippen molar-refractivity contribution >= 4 is 70.1 Å². The Morgan fingerprint density at radius 2 is 0.839 bits per heavy atom. The minimum Gasteiger partial charge on any atom is -0.309 e. The first-order valence-corrected chi connectivity index (χ1v) is 19.8. The first kappa shape index (κ1) is 31.2. The fourth-order valence-corrected chi connectivity index (χ4v) is 9.80. The molecule has 0 saturated carbocycles. The molecule has 0 saturated heterocycles. The molecule has 0 bridgehead atoms. The van der Waals surface area contributed by atoms with E-state index in [0.717, 1.165) is 38.7 Å². The second-order valence-corrected chi connectivity index (χ2v) is 15.4. The first-order valence-electron chi connectivity index (χ1n) is 19.0. The van der Waals surface area contributed by atoms with E-state index in [1.54, 1.807) is 11.3 Å². The van der Waals surface area contributed by atoms with Gasteiger partial charge in [0, 0.05) is 44.0 Å². The van der Waals surface area contributed by atoms with Gasteiger partial charge in [0.1, 0.15) is 0 Å². The van der Waals surface area contributed by atoms with Crippen molar-refractivity contribution in [2.24, 2.45) is 0 Å². The molecule has 0 aliphatic heterocycles.